The Kier molecular flexibility index (Phi) is 8.72. The number of rotatable bonds is 10. The van der Waals surface area contributed by atoms with Gasteiger partial charge in [0.2, 0.25) is 5.91 Å². The zero-order valence-corrected chi connectivity index (χ0v) is 18.6. The Bertz CT molecular complexity index is 846. The summed E-state index contributed by atoms with van der Waals surface area (Å²) in [6.45, 7) is 7.48. The molecule has 0 aliphatic carbocycles. The number of benzene rings is 1. The molecule has 0 aromatic heterocycles. The van der Waals surface area contributed by atoms with Gasteiger partial charge in [0.25, 0.3) is 5.91 Å². The lowest BCUT2D eigenvalue weighted by molar-refractivity contribution is -0.124. The lowest BCUT2D eigenvalue weighted by atomic mass is 9.96. The Labute approximate surface area is 178 Å². The molecular formula is C23H33FN4O2. The van der Waals surface area contributed by atoms with E-state index in [-0.39, 0.29) is 30.1 Å². The second kappa shape index (κ2) is 11.0. The highest BCUT2D eigenvalue weighted by molar-refractivity contribution is 6.10. The maximum atomic E-state index is 14.1. The van der Waals surface area contributed by atoms with Gasteiger partial charge in [0.15, 0.2) is 0 Å². The molecule has 0 unspecified atom stereocenters. The van der Waals surface area contributed by atoms with E-state index in [4.69, 9.17) is 0 Å². The minimum atomic E-state index is -0.362. The average molecular weight is 417 g/mol. The van der Waals surface area contributed by atoms with Gasteiger partial charge >= 0.3 is 0 Å². The van der Waals surface area contributed by atoms with Gasteiger partial charge < -0.3 is 15.5 Å². The molecule has 1 aromatic rings. The van der Waals surface area contributed by atoms with E-state index in [1.165, 1.54) is 13.1 Å². The van der Waals surface area contributed by atoms with Crippen LogP contribution in [0.5, 0.6) is 0 Å². The van der Waals surface area contributed by atoms with E-state index < -0.39 is 0 Å². The molecule has 0 atom stereocenters. The number of amides is 2. The third-order valence-electron chi connectivity index (χ3n) is 5.17. The Morgan fingerprint density at radius 3 is 2.67 bits per heavy atom. The van der Waals surface area contributed by atoms with Gasteiger partial charge in [-0.2, -0.15) is 0 Å². The minimum Gasteiger partial charge on any atom is -0.358 e. The fourth-order valence-corrected chi connectivity index (χ4v) is 3.38. The largest absolute Gasteiger partial charge is 0.358 e. The molecule has 7 heteroatoms. The molecule has 30 heavy (non-hydrogen) atoms. The summed E-state index contributed by atoms with van der Waals surface area (Å²) in [6, 6.07) is 5.00. The number of hydrogen-bond acceptors (Lipinski definition) is 4. The first-order valence-corrected chi connectivity index (χ1v) is 10.5. The Morgan fingerprint density at radius 1 is 1.30 bits per heavy atom. The van der Waals surface area contributed by atoms with Gasteiger partial charge in [0.05, 0.1) is 12.3 Å². The number of carbonyl (C=O) groups is 2. The van der Waals surface area contributed by atoms with Crippen molar-refractivity contribution in [2.75, 3.05) is 33.7 Å². The van der Waals surface area contributed by atoms with E-state index in [1.54, 1.807) is 6.07 Å². The SMILES string of the molecule is CCCCN(C)CC1=C(C(=O)NCC(=O)NC)N=C(c2ccc(F)c(C(C)C)c2)C1. The molecule has 6 nitrogen and oxygen atoms in total. The summed E-state index contributed by atoms with van der Waals surface area (Å²) in [6.07, 6.45) is 2.70. The summed E-state index contributed by atoms with van der Waals surface area (Å²) < 4.78 is 14.1. The van der Waals surface area contributed by atoms with Crippen LogP contribution in [0.3, 0.4) is 0 Å². The van der Waals surface area contributed by atoms with Crippen LogP contribution in [0.15, 0.2) is 34.5 Å². The number of nitrogens with one attached hydrogen (secondary N) is 2. The van der Waals surface area contributed by atoms with Gasteiger partial charge in [0.1, 0.15) is 11.5 Å². The quantitative estimate of drug-likeness (QED) is 0.616. The molecule has 0 bridgehead atoms. The smallest absolute Gasteiger partial charge is 0.270 e. The average Bonchev–Trinajstić information content (AvgIpc) is 3.13. The monoisotopic (exact) mass is 416 g/mol. The number of hydrogen-bond donors (Lipinski definition) is 2. The number of aliphatic imine (C=N–C) groups is 1. The fourth-order valence-electron chi connectivity index (χ4n) is 3.38. The van der Waals surface area contributed by atoms with Gasteiger partial charge in [0, 0.05) is 20.0 Å². The van der Waals surface area contributed by atoms with Gasteiger partial charge in [-0.15, -0.1) is 0 Å². The second-order valence-corrected chi connectivity index (χ2v) is 8.03. The standard InChI is InChI=1S/C23H33FN4O2/c1-6-7-10-28(5)14-17-12-20(16-8-9-19(24)18(11-16)15(2)3)27-22(17)23(30)26-13-21(29)25-4/h8-9,11,15H,6-7,10,12-14H2,1-5H3,(H,25,29)(H,26,30). The molecule has 0 saturated carbocycles. The summed E-state index contributed by atoms with van der Waals surface area (Å²) in [5.74, 6) is -0.815. The maximum Gasteiger partial charge on any atom is 0.270 e. The predicted octanol–water partition coefficient (Wildman–Crippen LogP) is 2.99. The van der Waals surface area contributed by atoms with E-state index in [2.05, 4.69) is 27.4 Å². The van der Waals surface area contributed by atoms with Crippen molar-refractivity contribution in [3.8, 4) is 0 Å². The van der Waals surface area contributed by atoms with E-state index in [9.17, 15) is 14.0 Å². The fraction of sp³-hybridized carbons (Fsp3) is 0.522. The zero-order valence-electron chi connectivity index (χ0n) is 18.6. The van der Waals surface area contributed by atoms with Crippen molar-refractivity contribution < 1.29 is 14.0 Å². The molecule has 2 N–H and O–H groups in total. The summed E-state index contributed by atoms with van der Waals surface area (Å²) >= 11 is 0. The third-order valence-corrected chi connectivity index (χ3v) is 5.17. The van der Waals surface area contributed by atoms with Crippen LogP contribution in [0.4, 0.5) is 4.39 Å². The van der Waals surface area contributed by atoms with Crippen molar-refractivity contribution in [1.82, 2.24) is 15.5 Å². The molecule has 0 fully saturated rings. The van der Waals surface area contributed by atoms with Gasteiger partial charge in [-0.05, 0) is 54.8 Å². The zero-order chi connectivity index (χ0) is 22.3. The van der Waals surface area contributed by atoms with Crippen LogP contribution >= 0.6 is 0 Å². The number of nitrogens with zero attached hydrogens (tertiary/aromatic N) is 2. The van der Waals surface area contributed by atoms with Crippen LogP contribution in [0, 0.1) is 5.82 Å². The Morgan fingerprint density at radius 2 is 2.03 bits per heavy atom. The van der Waals surface area contributed by atoms with Crippen LogP contribution in [0.1, 0.15) is 57.1 Å². The van der Waals surface area contributed by atoms with Gasteiger partial charge in [-0.3, -0.25) is 9.59 Å². The summed E-state index contributed by atoms with van der Waals surface area (Å²) in [5.41, 5.74) is 3.47. The number of halogens is 1. The maximum absolute atomic E-state index is 14.1. The van der Waals surface area contributed by atoms with Crippen LogP contribution in [0.25, 0.3) is 0 Å². The molecule has 0 saturated heterocycles. The first kappa shape index (κ1) is 23.7. The van der Waals surface area contributed by atoms with Crippen LogP contribution < -0.4 is 10.6 Å². The highest BCUT2D eigenvalue weighted by atomic mass is 19.1. The summed E-state index contributed by atoms with van der Waals surface area (Å²) in [5, 5.41) is 5.12. The van der Waals surface area contributed by atoms with Crippen molar-refractivity contribution in [2.45, 2.75) is 46.0 Å². The Balaban J connectivity index is 2.28. The molecule has 0 radical (unpaired) electrons. The van der Waals surface area contributed by atoms with E-state index in [0.29, 0.717) is 24.2 Å². The van der Waals surface area contributed by atoms with Crippen molar-refractivity contribution >= 4 is 17.5 Å². The molecule has 2 rings (SSSR count). The first-order chi connectivity index (χ1) is 14.3. The lowest BCUT2D eigenvalue weighted by Gasteiger charge is -2.18. The molecule has 1 aromatic carbocycles. The van der Waals surface area contributed by atoms with Crippen molar-refractivity contribution in [2.24, 2.45) is 4.99 Å². The molecule has 0 spiro atoms. The lowest BCUT2D eigenvalue weighted by Crippen LogP contribution is -2.36. The number of unbranched alkanes of at least 4 members (excludes halogenated alkanes) is 1. The molecule has 164 valence electrons. The van der Waals surface area contributed by atoms with Crippen molar-refractivity contribution in [3.63, 3.8) is 0 Å². The first-order valence-electron chi connectivity index (χ1n) is 10.5. The molecule has 1 aliphatic heterocycles. The van der Waals surface area contributed by atoms with Crippen molar-refractivity contribution in [3.05, 3.63) is 46.4 Å². The predicted molar refractivity (Wildman–Crippen MR) is 118 cm³/mol. The minimum absolute atomic E-state index is 0.0508. The molecule has 2 amide bonds. The van der Waals surface area contributed by atoms with E-state index in [1.807, 2.05) is 27.0 Å². The van der Waals surface area contributed by atoms with E-state index in [0.717, 1.165) is 36.2 Å². The second-order valence-electron chi connectivity index (χ2n) is 8.03. The number of carbonyl (C=O) groups excluding carboxylic acids is 2. The summed E-state index contributed by atoms with van der Waals surface area (Å²) in [7, 11) is 3.55. The highest BCUT2D eigenvalue weighted by Gasteiger charge is 2.25. The van der Waals surface area contributed by atoms with Crippen molar-refractivity contribution in [1.29, 1.82) is 0 Å². The van der Waals surface area contributed by atoms with Gasteiger partial charge in [-0.1, -0.05) is 33.3 Å². The molecule has 1 heterocycles. The van der Waals surface area contributed by atoms with Crippen LogP contribution in [0.2, 0.25) is 0 Å². The van der Waals surface area contributed by atoms with E-state index >= 15 is 0 Å². The van der Waals surface area contributed by atoms with Gasteiger partial charge in [-0.25, -0.2) is 9.38 Å². The Hall–Kier alpha value is -2.54. The summed E-state index contributed by atoms with van der Waals surface area (Å²) in [4.78, 5) is 31.0. The third kappa shape index (κ3) is 6.23. The number of likely N-dealkylation sites (N-methyl/N-ethyl adjacent to an activating group) is 2. The normalized spacial score (nSPS) is 13.8. The topological polar surface area (TPSA) is 73.8 Å². The van der Waals surface area contributed by atoms with Crippen LogP contribution in [-0.4, -0.2) is 56.2 Å². The highest BCUT2D eigenvalue weighted by Crippen LogP contribution is 2.27. The van der Waals surface area contributed by atoms with Crippen LogP contribution in [-0.2, 0) is 9.59 Å². The molecular weight excluding hydrogens is 383 g/mol. The molecule has 1 aliphatic rings.